The number of urea groups is 1. The van der Waals surface area contributed by atoms with Gasteiger partial charge in [0.15, 0.2) is 33.9 Å². The topological polar surface area (TPSA) is 131 Å². The maximum Gasteiger partial charge on any atom is 0.315 e. The van der Waals surface area contributed by atoms with Gasteiger partial charge >= 0.3 is 6.03 Å². The number of rotatable bonds is 10. The Balaban J connectivity index is 1.44. The molecule has 2 aliphatic rings. The highest BCUT2D eigenvalue weighted by atomic mass is 32.2. The molecule has 0 spiro atoms. The number of thioether (sulfide) groups is 2. The molecule has 13 heteroatoms. The Bertz CT molecular complexity index is 2080. The number of nitrogens with one attached hydrogen (secondary N) is 2. The molecule has 0 saturated carbocycles. The molecule has 4 aromatic rings. The van der Waals surface area contributed by atoms with Crippen LogP contribution in [0.3, 0.4) is 0 Å². The Labute approximate surface area is 323 Å². The zero-order chi connectivity index (χ0) is 38.7. The molecule has 0 bridgehead atoms. The van der Waals surface area contributed by atoms with Gasteiger partial charge in [-0.2, -0.15) is 0 Å². The van der Waals surface area contributed by atoms with Crippen LogP contribution in [-0.4, -0.2) is 61.2 Å². The molecule has 6 rings (SSSR count). The third-order valence-corrected chi connectivity index (χ3v) is 11.6. The van der Waals surface area contributed by atoms with Crippen LogP contribution in [0.2, 0.25) is 0 Å². The maximum atomic E-state index is 14.3. The van der Waals surface area contributed by atoms with Gasteiger partial charge in [0.05, 0.1) is 64.5 Å². The van der Waals surface area contributed by atoms with Crippen molar-refractivity contribution in [3.05, 3.63) is 91.2 Å². The molecule has 2 atom stereocenters. The van der Waals surface area contributed by atoms with E-state index in [0.29, 0.717) is 81.1 Å². The van der Waals surface area contributed by atoms with Crippen molar-refractivity contribution in [3.8, 4) is 56.8 Å². The van der Waals surface area contributed by atoms with Crippen LogP contribution < -0.4 is 49.9 Å². The minimum absolute atomic E-state index is 0.158. The molecule has 0 aliphatic heterocycles. The van der Waals surface area contributed by atoms with Gasteiger partial charge < -0.3 is 39.1 Å². The van der Waals surface area contributed by atoms with Crippen LogP contribution in [0.4, 0.5) is 4.79 Å². The SMILES string of the molecule is COc1cc2c(c(OC)c1OC)-c1ccc(SC)c(=O)cc1[C@@H](NC(=O)N[C@H]1CCc3cc(OC)c(OC)c(OC)c3-c3ccc(SC)c(=O)cc31)CC2. The van der Waals surface area contributed by atoms with Crippen LogP contribution in [0.1, 0.15) is 47.2 Å². The van der Waals surface area contributed by atoms with Gasteiger partial charge in [0.2, 0.25) is 11.5 Å². The molecule has 0 aromatic heterocycles. The predicted octanol–water partition coefficient (Wildman–Crippen LogP) is 7.21. The second-order valence-electron chi connectivity index (χ2n) is 12.7. The lowest BCUT2D eigenvalue weighted by Gasteiger charge is -2.23. The van der Waals surface area contributed by atoms with Gasteiger partial charge in [-0.05, 0) is 108 Å². The molecular weight excluding hydrogens is 729 g/mol. The number of carbonyl (C=O) groups is 1. The predicted molar refractivity (Wildman–Crippen MR) is 213 cm³/mol. The van der Waals surface area contributed by atoms with Crippen LogP contribution in [0.15, 0.2) is 67.9 Å². The Hall–Kier alpha value is -5.01. The number of aryl methyl sites for hydroxylation is 2. The quantitative estimate of drug-likeness (QED) is 0.159. The van der Waals surface area contributed by atoms with Crippen LogP contribution in [-0.2, 0) is 12.8 Å². The number of hydrogen-bond donors (Lipinski definition) is 2. The third kappa shape index (κ3) is 7.02. The molecule has 11 nitrogen and oxygen atoms in total. The van der Waals surface area contributed by atoms with Gasteiger partial charge in [0, 0.05) is 11.1 Å². The van der Waals surface area contributed by atoms with E-state index >= 15 is 0 Å². The van der Waals surface area contributed by atoms with E-state index in [0.717, 1.165) is 33.4 Å². The summed E-state index contributed by atoms with van der Waals surface area (Å²) >= 11 is 2.71. The molecule has 2 N–H and O–H groups in total. The number of benzene rings is 2. The Kier molecular flexibility index (Phi) is 11.9. The molecule has 0 saturated heterocycles. The summed E-state index contributed by atoms with van der Waals surface area (Å²) in [6.07, 6.45) is 5.74. The van der Waals surface area contributed by atoms with E-state index in [9.17, 15) is 14.4 Å². The number of hydrogen-bond acceptors (Lipinski definition) is 11. The third-order valence-electron chi connectivity index (χ3n) is 10.1. The highest BCUT2D eigenvalue weighted by Gasteiger charge is 2.33. The molecule has 2 aliphatic carbocycles. The molecule has 0 heterocycles. The van der Waals surface area contributed by atoms with Crippen LogP contribution in [0.5, 0.6) is 34.5 Å². The first-order valence-corrected chi connectivity index (χ1v) is 19.8. The summed E-state index contributed by atoms with van der Waals surface area (Å²) in [5.41, 5.74) is 5.85. The van der Waals surface area contributed by atoms with Gasteiger partial charge in [-0.3, -0.25) is 9.59 Å². The highest BCUT2D eigenvalue weighted by Crippen LogP contribution is 2.52. The van der Waals surface area contributed by atoms with Crippen LogP contribution >= 0.6 is 23.5 Å². The number of methoxy groups -OCH3 is 6. The van der Waals surface area contributed by atoms with Crippen LogP contribution in [0, 0.1) is 0 Å². The van der Waals surface area contributed by atoms with Gasteiger partial charge in [0.1, 0.15) is 0 Å². The Morgan fingerprint density at radius 3 is 1.30 bits per heavy atom. The average molecular weight is 773 g/mol. The van der Waals surface area contributed by atoms with Crippen molar-refractivity contribution >= 4 is 29.6 Å². The first kappa shape index (κ1) is 38.7. The normalized spacial score (nSPS) is 15.5. The fraction of sp³-hybridized carbons (Fsp3) is 0.341. The van der Waals surface area contributed by atoms with E-state index < -0.39 is 18.1 Å². The monoisotopic (exact) mass is 772 g/mol. The van der Waals surface area contributed by atoms with Crippen LogP contribution in [0.25, 0.3) is 22.3 Å². The maximum absolute atomic E-state index is 14.3. The van der Waals surface area contributed by atoms with Crippen molar-refractivity contribution in [3.63, 3.8) is 0 Å². The van der Waals surface area contributed by atoms with Crippen molar-refractivity contribution < 1.29 is 33.2 Å². The van der Waals surface area contributed by atoms with Crippen molar-refractivity contribution in [1.82, 2.24) is 10.6 Å². The summed E-state index contributed by atoms with van der Waals surface area (Å²) in [7, 11) is 9.39. The Morgan fingerprint density at radius 2 is 0.963 bits per heavy atom. The molecule has 54 heavy (non-hydrogen) atoms. The van der Waals surface area contributed by atoms with Crippen molar-refractivity contribution in [2.45, 2.75) is 47.6 Å². The summed E-state index contributed by atoms with van der Waals surface area (Å²) in [4.78, 5) is 42.5. The lowest BCUT2D eigenvalue weighted by atomic mass is 9.95. The summed E-state index contributed by atoms with van der Waals surface area (Å²) in [6, 6.07) is 12.9. The largest absolute Gasteiger partial charge is 0.493 e. The van der Waals surface area contributed by atoms with Gasteiger partial charge in [-0.1, -0.05) is 12.1 Å². The first-order valence-electron chi connectivity index (χ1n) is 17.3. The van der Waals surface area contributed by atoms with Crippen molar-refractivity contribution in [1.29, 1.82) is 0 Å². The molecule has 284 valence electrons. The molecule has 4 aromatic carbocycles. The van der Waals surface area contributed by atoms with E-state index in [4.69, 9.17) is 28.4 Å². The summed E-state index contributed by atoms with van der Waals surface area (Å²) < 4.78 is 34.7. The van der Waals surface area contributed by atoms with E-state index in [2.05, 4.69) is 10.6 Å². The van der Waals surface area contributed by atoms with E-state index in [1.54, 1.807) is 66.9 Å². The van der Waals surface area contributed by atoms with Crippen molar-refractivity contribution in [2.24, 2.45) is 0 Å². The second kappa shape index (κ2) is 16.6. The minimum Gasteiger partial charge on any atom is -0.493 e. The summed E-state index contributed by atoms with van der Waals surface area (Å²) in [6.45, 7) is 0. The zero-order valence-electron chi connectivity index (χ0n) is 31.6. The molecule has 2 amide bonds. The van der Waals surface area contributed by atoms with E-state index in [1.165, 1.54) is 23.5 Å². The molecule has 0 fully saturated rings. The first-order chi connectivity index (χ1) is 26.2. The summed E-state index contributed by atoms with van der Waals surface area (Å²) in [5, 5.41) is 6.40. The lowest BCUT2D eigenvalue weighted by Crippen LogP contribution is -2.40. The Morgan fingerprint density at radius 1 is 0.574 bits per heavy atom. The number of amides is 2. The molecule has 0 radical (unpaired) electrons. The fourth-order valence-electron chi connectivity index (χ4n) is 7.59. The highest BCUT2D eigenvalue weighted by molar-refractivity contribution is 7.98. The average Bonchev–Trinajstić information content (AvgIpc) is 3.57. The second-order valence-corrected chi connectivity index (χ2v) is 14.4. The number of carbonyl (C=O) groups excluding carboxylic acids is 1. The molecule has 0 unspecified atom stereocenters. The summed E-state index contributed by atoms with van der Waals surface area (Å²) in [5.74, 6) is 2.86. The zero-order valence-corrected chi connectivity index (χ0v) is 33.2. The smallest absolute Gasteiger partial charge is 0.315 e. The van der Waals surface area contributed by atoms with E-state index in [-0.39, 0.29) is 10.9 Å². The standard InChI is InChI=1S/C41H44N2O9S2/c1-47-31-17-21-9-13-27(25-19-29(44)33(53-7)15-11-23(25)35(21)39(51-5)37(31)49-3)42-41(46)43-28-14-10-22-18-32(48-2)38(50-4)40(52-6)36(22)24-12-16-34(54-8)30(45)20-26(24)28/h11-12,15-20,27-28H,9-10,13-14H2,1-8H3,(H2,42,43,46)/t27-,28-/m0/s1. The van der Waals surface area contributed by atoms with Gasteiger partial charge in [0.25, 0.3) is 0 Å². The van der Waals surface area contributed by atoms with Crippen molar-refractivity contribution in [2.75, 3.05) is 55.2 Å². The minimum atomic E-state index is -0.565. The van der Waals surface area contributed by atoms with Gasteiger partial charge in [-0.25, -0.2) is 4.79 Å². The number of ether oxygens (including phenoxy) is 6. The van der Waals surface area contributed by atoms with E-state index in [1.807, 2.05) is 36.8 Å². The molecular formula is C41H44N2O9S2. The number of fused-ring (bicyclic) bond motifs is 6. The van der Waals surface area contributed by atoms with Gasteiger partial charge in [-0.15, -0.1) is 23.5 Å². The fourth-order valence-corrected chi connectivity index (χ4v) is 8.52. The lowest BCUT2D eigenvalue weighted by molar-refractivity contribution is 0.232.